The van der Waals surface area contributed by atoms with E-state index in [-0.39, 0.29) is 0 Å². The van der Waals surface area contributed by atoms with E-state index in [0.717, 1.165) is 0 Å². The number of piperidine rings is 2. The van der Waals surface area contributed by atoms with Crippen molar-refractivity contribution < 1.29 is 0 Å². The lowest BCUT2D eigenvalue weighted by molar-refractivity contribution is 0.277. The van der Waals surface area contributed by atoms with E-state index in [4.69, 9.17) is 0 Å². The molecule has 2 aliphatic heterocycles. The van der Waals surface area contributed by atoms with E-state index in [1.54, 1.807) is 0 Å². The molecule has 122 valence electrons. The Morgan fingerprint density at radius 1 is 0.550 bits per heavy atom. The number of unbranched alkanes of at least 4 members (excludes halogenated alkanes) is 3. The van der Waals surface area contributed by atoms with Crippen LogP contribution in [0.1, 0.15) is 78.1 Å². The van der Waals surface area contributed by atoms with Crippen molar-refractivity contribution in [2.75, 3.05) is 40.3 Å². The lowest BCUT2D eigenvalue weighted by Crippen LogP contribution is -2.24. The van der Waals surface area contributed by atoms with Gasteiger partial charge in [-0.05, 0) is 66.0 Å². The van der Waals surface area contributed by atoms with Gasteiger partial charge in [-0.3, -0.25) is 0 Å². The molecule has 2 nitrogen and oxygen atoms in total. The first kappa shape index (κ1) is 19.9. The third-order valence-electron chi connectivity index (χ3n) is 4.12. The summed E-state index contributed by atoms with van der Waals surface area (Å²) in [6, 6.07) is 0. The minimum Gasteiger partial charge on any atom is -0.306 e. The van der Waals surface area contributed by atoms with Crippen LogP contribution in [0.4, 0.5) is 0 Å². The molecule has 2 saturated heterocycles. The molecule has 2 heterocycles. The Morgan fingerprint density at radius 3 is 1.00 bits per heavy atom. The van der Waals surface area contributed by atoms with Crippen LogP contribution in [0.2, 0.25) is 0 Å². The fraction of sp³-hybridized carbons (Fsp3) is 1.00. The van der Waals surface area contributed by atoms with E-state index in [9.17, 15) is 0 Å². The second-order valence-corrected chi connectivity index (χ2v) is 6.43. The van der Waals surface area contributed by atoms with Crippen LogP contribution in [0.15, 0.2) is 0 Å². The summed E-state index contributed by atoms with van der Waals surface area (Å²) >= 11 is 0. The highest BCUT2D eigenvalue weighted by molar-refractivity contribution is 4.58. The highest BCUT2D eigenvalue weighted by atomic mass is 15.1. The highest BCUT2D eigenvalue weighted by Crippen LogP contribution is 2.05. The van der Waals surface area contributed by atoms with Crippen molar-refractivity contribution >= 4 is 0 Å². The van der Waals surface area contributed by atoms with Crippen LogP contribution >= 0.6 is 0 Å². The second kappa shape index (κ2) is 15.3. The normalized spacial score (nSPS) is 20.4. The van der Waals surface area contributed by atoms with Gasteiger partial charge < -0.3 is 9.80 Å². The molecule has 0 aromatic rings. The number of rotatable bonds is 3. The molecule has 0 saturated carbocycles. The van der Waals surface area contributed by atoms with E-state index in [0.29, 0.717) is 0 Å². The van der Waals surface area contributed by atoms with Crippen LogP contribution in [0.3, 0.4) is 0 Å². The molecule has 0 unspecified atom stereocenters. The first-order valence-corrected chi connectivity index (χ1v) is 9.07. The Labute approximate surface area is 128 Å². The zero-order valence-corrected chi connectivity index (χ0v) is 14.8. The molecule has 0 aliphatic carbocycles. The largest absolute Gasteiger partial charge is 0.306 e. The van der Waals surface area contributed by atoms with Crippen LogP contribution in [-0.4, -0.2) is 50.1 Å². The second-order valence-electron chi connectivity index (χ2n) is 6.43. The smallest absolute Gasteiger partial charge is 0.00218 e. The molecule has 0 radical (unpaired) electrons. The van der Waals surface area contributed by atoms with Gasteiger partial charge in [0.25, 0.3) is 0 Å². The van der Waals surface area contributed by atoms with Crippen LogP contribution in [0, 0.1) is 0 Å². The summed E-state index contributed by atoms with van der Waals surface area (Å²) < 4.78 is 0. The zero-order chi connectivity index (χ0) is 15.1. The lowest BCUT2D eigenvalue weighted by Gasteiger charge is -2.20. The predicted octanol–water partition coefficient (Wildman–Crippen LogP) is 4.79. The van der Waals surface area contributed by atoms with Crippen LogP contribution in [0.5, 0.6) is 0 Å². The fourth-order valence-corrected chi connectivity index (χ4v) is 2.60. The molecule has 2 fully saturated rings. The van der Waals surface area contributed by atoms with Gasteiger partial charge in [-0.15, -0.1) is 0 Å². The number of hydrogen-bond donors (Lipinski definition) is 0. The third-order valence-corrected chi connectivity index (χ3v) is 4.12. The minimum atomic E-state index is 1.32. The average Bonchev–Trinajstić information content (AvgIpc) is 2.48. The minimum absolute atomic E-state index is 1.32. The van der Waals surface area contributed by atoms with Gasteiger partial charge in [0.2, 0.25) is 0 Å². The standard InChI is InChI=1S/2C6H13N.C6H14/c2*1-7-5-3-2-4-6-7;1-3-5-6-4-2/h2*2-6H2,1H3;3-6H2,1-2H3. The van der Waals surface area contributed by atoms with E-state index < -0.39 is 0 Å². The van der Waals surface area contributed by atoms with Crippen molar-refractivity contribution in [3.8, 4) is 0 Å². The molecule has 0 spiro atoms. The summed E-state index contributed by atoms with van der Waals surface area (Å²) in [5, 5.41) is 0. The quantitative estimate of drug-likeness (QED) is 0.687. The molecular weight excluding hydrogens is 244 g/mol. The first-order chi connectivity index (χ1) is 9.70. The summed E-state index contributed by atoms with van der Waals surface area (Å²) in [5.41, 5.74) is 0. The van der Waals surface area contributed by atoms with E-state index >= 15 is 0 Å². The molecule has 0 aromatic carbocycles. The maximum atomic E-state index is 2.39. The fourth-order valence-electron chi connectivity index (χ4n) is 2.60. The molecule has 2 rings (SSSR count). The molecule has 20 heavy (non-hydrogen) atoms. The molecule has 0 aromatic heterocycles. The summed E-state index contributed by atoms with van der Waals surface area (Å²) in [4.78, 5) is 4.78. The Kier molecular flexibility index (Phi) is 15.3. The molecular formula is C18H40N2. The molecule has 0 amide bonds. The van der Waals surface area contributed by atoms with Crippen molar-refractivity contribution in [3.05, 3.63) is 0 Å². The van der Waals surface area contributed by atoms with Gasteiger partial charge in [-0.25, -0.2) is 0 Å². The number of hydrogen-bond acceptors (Lipinski definition) is 2. The Hall–Kier alpha value is -0.0800. The van der Waals surface area contributed by atoms with Crippen LogP contribution < -0.4 is 0 Å². The molecule has 0 atom stereocenters. The highest BCUT2D eigenvalue weighted by Gasteiger charge is 2.02. The van der Waals surface area contributed by atoms with E-state index in [1.807, 2.05) is 0 Å². The van der Waals surface area contributed by atoms with Crippen LogP contribution in [-0.2, 0) is 0 Å². The Bertz CT molecular complexity index is 150. The van der Waals surface area contributed by atoms with Gasteiger partial charge >= 0.3 is 0 Å². The zero-order valence-electron chi connectivity index (χ0n) is 14.8. The summed E-state index contributed by atoms with van der Waals surface area (Å²) in [6.07, 6.45) is 14.1. The van der Waals surface area contributed by atoms with Gasteiger partial charge in [0, 0.05) is 0 Å². The first-order valence-electron chi connectivity index (χ1n) is 9.07. The molecule has 0 N–H and O–H groups in total. The summed E-state index contributed by atoms with van der Waals surface area (Å²) in [5.74, 6) is 0. The third kappa shape index (κ3) is 14.3. The molecule has 0 bridgehead atoms. The monoisotopic (exact) mass is 284 g/mol. The Balaban J connectivity index is 0.000000272. The predicted molar refractivity (Wildman–Crippen MR) is 92.5 cm³/mol. The lowest BCUT2D eigenvalue weighted by atomic mass is 10.1. The van der Waals surface area contributed by atoms with Gasteiger partial charge in [0.1, 0.15) is 0 Å². The van der Waals surface area contributed by atoms with Crippen LogP contribution in [0.25, 0.3) is 0 Å². The summed E-state index contributed by atoms with van der Waals surface area (Å²) in [6.45, 7) is 9.74. The Morgan fingerprint density at radius 2 is 0.850 bits per heavy atom. The topological polar surface area (TPSA) is 6.48 Å². The van der Waals surface area contributed by atoms with E-state index in [2.05, 4.69) is 37.7 Å². The van der Waals surface area contributed by atoms with Gasteiger partial charge in [0.05, 0.1) is 0 Å². The van der Waals surface area contributed by atoms with Gasteiger partial charge in [-0.2, -0.15) is 0 Å². The van der Waals surface area contributed by atoms with Crippen molar-refractivity contribution in [3.63, 3.8) is 0 Å². The van der Waals surface area contributed by atoms with Gasteiger partial charge in [0.15, 0.2) is 0 Å². The van der Waals surface area contributed by atoms with Crippen molar-refractivity contribution in [2.45, 2.75) is 78.1 Å². The molecule has 2 aliphatic rings. The maximum absolute atomic E-state index is 2.39. The number of nitrogens with zero attached hydrogens (tertiary/aromatic N) is 2. The maximum Gasteiger partial charge on any atom is -0.00218 e. The van der Waals surface area contributed by atoms with Crippen molar-refractivity contribution in [1.29, 1.82) is 0 Å². The summed E-state index contributed by atoms with van der Waals surface area (Å²) in [7, 11) is 4.39. The van der Waals surface area contributed by atoms with Crippen molar-refractivity contribution in [2.24, 2.45) is 0 Å². The van der Waals surface area contributed by atoms with E-state index in [1.165, 1.54) is 90.4 Å². The average molecular weight is 285 g/mol. The number of likely N-dealkylation sites (tertiary alicyclic amines) is 2. The van der Waals surface area contributed by atoms with Gasteiger partial charge in [-0.1, -0.05) is 52.4 Å². The molecule has 2 heteroatoms. The van der Waals surface area contributed by atoms with Crippen molar-refractivity contribution in [1.82, 2.24) is 9.80 Å². The SMILES string of the molecule is CCCCCC.CN1CCCCC1.CN1CCCCC1.